The summed E-state index contributed by atoms with van der Waals surface area (Å²) in [5, 5.41) is 1.90. The van der Waals surface area contributed by atoms with Crippen LogP contribution in [0.5, 0.6) is 5.19 Å². The highest BCUT2D eigenvalue weighted by atomic mass is 35.5. The minimum absolute atomic E-state index is 0.109. The fourth-order valence-corrected chi connectivity index (χ4v) is 3.20. The molecule has 0 fully saturated rings. The van der Waals surface area contributed by atoms with E-state index in [2.05, 4.69) is 4.98 Å². The molecular weight excluding hydrogens is 355 g/mol. The molecule has 0 atom stereocenters. The largest absolute Gasteiger partial charge is 0.394 e. The molecular formula is C16H12ClFN2O3S. The average molecular weight is 367 g/mol. The molecule has 0 unspecified atom stereocenters. The molecule has 2 heterocycles. The van der Waals surface area contributed by atoms with Crippen molar-refractivity contribution in [2.24, 2.45) is 0 Å². The summed E-state index contributed by atoms with van der Waals surface area (Å²) in [5.41, 5.74) is 0.390. The highest BCUT2D eigenvalue weighted by Gasteiger charge is 2.19. The lowest BCUT2D eigenvalue weighted by atomic mass is 10.1. The minimum atomic E-state index is -0.830. The zero-order valence-corrected chi connectivity index (χ0v) is 14.2. The van der Waals surface area contributed by atoms with E-state index in [1.807, 2.05) is 6.92 Å². The van der Waals surface area contributed by atoms with Gasteiger partial charge in [0, 0.05) is 23.5 Å². The molecule has 8 heteroatoms. The van der Waals surface area contributed by atoms with E-state index in [9.17, 15) is 14.0 Å². The van der Waals surface area contributed by atoms with Crippen LogP contribution >= 0.6 is 22.9 Å². The maximum Gasteiger partial charge on any atom is 0.350 e. The van der Waals surface area contributed by atoms with Gasteiger partial charge in [0.1, 0.15) is 11.4 Å². The number of pyridine rings is 1. The van der Waals surface area contributed by atoms with Gasteiger partial charge in [-0.2, -0.15) is 0 Å². The summed E-state index contributed by atoms with van der Waals surface area (Å²) >= 11 is 6.77. The van der Waals surface area contributed by atoms with Gasteiger partial charge in [0.15, 0.2) is 0 Å². The molecule has 0 N–H and O–H groups in total. The van der Waals surface area contributed by atoms with E-state index in [0.29, 0.717) is 17.8 Å². The normalized spacial score (nSPS) is 11.0. The second-order valence-corrected chi connectivity index (χ2v) is 6.04. The first kappa shape index (κ1) is 16.6. The molecule has 5 nitrogen and oxygen atoms in total. The molecule has 0 aliphatic rings. The number of thiazole rings is 1. The number of ether oxygens (including phenoxy) is 1. The summed E-state index contributed by atoms with van der Waals surface area (Å²) in [6.07, 6.45) is 1.42. The second kappa shape index (κ2) is 6.70. The summed E-state index contributed by atoms with van der Waals surface area (Å²) in [6.45, 7) is 2.37. The average Bonchev–Trinajstić information content (AvgIpc) is 3.03. The first-order valence-corrected chi connectivity index (χ1v) is 8.50. The van der Waals surface area contributed by atoms with E-state index in [1.165, 1.54) is 18.3 Å². The molecule has 3 rings (SSSR count). The van der Waals surface area contributed by atoms with Crippen LogP contribution in [0.4, 0.5) is 4.39 Å². The molecule has 0 amide bonds. The van der Waals surface area contributed by atoms with Crippen molar-refractivity contribution in [1.29, 1.82) is 0 Å². The minimum Gasteiger partial charge on any atom is -0.394 e. The van der Waals surface area contributed by atoms with E-state index in [0.717, 1.165) is 17.4 Å². The molecule has 2 aromatic heterocycles. The molecule has 0 aliphatic carbocycles. The lowest BCUT2D eigenvalue weighted by molar-refractivity contribution is 0.0732. The van der Waals surface area contributed by atoms with Crippen LogP contribution in [0.2, 0.25) is 0 Å². The third-order valence-electron chi connectivity index (χ3n) is 3.45. The first-order valence-electron chi connectivity index (χ1n) is 7.08. The third-order valence-corrected chi connectivity index (χ3v) is 4.49. The van der Waals surface area contributed by atoms with Crippen LogP contribution in [-0.4, -0.2) is 15.5 Å². The quantitative estimate of drug-likeness (QED) is 0.523. The summed E-state index contributed by atoms with van der Waals surface area (Å²) < 4.78 is 20.3. The Morgan fingerprint density at radius 2 is 2.25 bits per heavy atom. The smallest absolute Gasteiger partial charge is 0.350 e. The van der Waals surface area contributed by atoms with Gasteiger partial charge in [0.25, 0.3) is 5.19 Å². The van der Waals surface area contributed by atoms with Gasteiger partial charge in [0.05, 0.1) is 17.1 Å². The van der Waals surface area contributed by atoms with Crippen LogP contribution in [0.1, 0.15) is 23.0 Å². The van der Waals surface area contributed by atoms with Gasteiger partial charge in [-0.3, -0.25) is 4.79 Å². The number of aryl methyl sites for hydroxylation is 1. The molecule has 0 spiro atoms. The predicted octanol–water partition coefficient (Wildman–Crippen LogP) is 3.58. The molecule has 1 aromatic carbocycles. The molecule has 0 saturated carbocycles. The fourth-order valence-electron chi connectivity index (χ4n) is 2.31. The van der Waals surface area contributed by atoms with Crippen LogP contribution in [0.3, 0.4) is 0 Å². The van der Waals surface area contributed by atoms with E-state index < -0.39 is 17.2 Å². The van der Waals surface area contributed by atoms with Gasteiger partial charge in [-0.15, -0.1) is 11.6 Å². The number of nitrogens with zero attached hydrogens (tertiary/aromatic N) is 2. The van der Waals surface area contributed by atoms with Crippen molar-refractivity contribution in [2.75, 3.05) is 0 Å². The Labute approximate surface area is 145 Å². The number of alkyl halides is 1. The van der Waals surface area contributed by atoms with Gasteiger partial charge >= 0.3 is 5.97 Å². The Hall–Kier alpha value is -2.25. The van der Waals surface area contributed by atoms with Gasteiger partial charge in [-0.1, -0.05) is 11.3 Å². The van der Waals surface area contributed by atoms with Crippen LogP contribution in [-0.2, 0) is 12.4 Å². The van der Waals surface area contributed by atoms with Crippen molar-refractivity contribution in [3.8, 4) is 5.19 Å². The predicted molar refractivity (Wildman–Crippen MR) is 90.5 cm³/mol. The molecule has 3 aromatic rings. The molecule has 0 bridgehead atoms. The van der Waals surface area contributed by atoms with E-state index in [1.54, 1.807) is 9.95 Å². The van der Waals surface area contributed by atoms with E-state index >= 15 is 0 Å². The highest BCUT2D eigenvalue weighted by Crippen LogP contribution is 2.21. The second-order valence-electron chi connectivity index (χ2n) is 4.95. The van der Waals surface area contributed by atoms with Gasteiger partial charge in [-0.05, 0) is 25.1 Å². The molecule has 24 heavy (non-hydrogen) atoms. The summed E-state index contributed by atoms with van der Waals surface area (Å²) in [4.78, 5) is 28.9. The number of carbonyl (C=O) groups is 1. The highest BCUT2D eigenvalue weighted by molar-refractivity contribution is 7.11. The summed E-state index contributed by atoms with van der Waals surface area (Å²) in [7, 11) is 0. The van der Waals surface area contributed by atoms with Crippen molar-refractivity contribution in [3.05, 3.63) is 57.1 Å². The Balaban J connectivity index is 2.06. The molecule has 124 valence electrons. The summed E-state index contributed by atoms with van der Waals surface area (Å²) in [6, 6.07) is 3.91. The lowest BCUT2D eigenvalue weighted by Crippen LogP contribution is -2.22. The van der Waals surface area contributed by atoms with E-state index in [-0.39, 0.29) is 22.0 Å². The molecule has 0 saturated heterocycles. The van der Waals surface area contributed by atoms with Crippen LogP contribution < -0.4 is 10.2 Å². The lowest BCUT2D eigenvalue weighted by Gasteiger charge is -2.10. The Morgan fingerprint density at radius 1 is 1.46 bits per heavy atom. The topological polar surface area (TPSA) is 61.2 Å². The number of hydrogen-bond donors (Lipinski definition) is 0. The number of halogens is 2. The summed E-state index contributed by atoms with van der Waals surface area (Å²) in [5.74, 6) is -1.17. The monoisotopic (exact) mass is 366 g/mol. The van der Waals surface area contributed by atoms with Crippen molar-refractivity contribution in [1.82, 2.24) is 9.55 Å². The number of esters is 1. The number of hydrogen-bond acceptors (Lipinski definition) is 5. The van der Waals surface area contributed by atoms with Crippen LogP contribution in [0.15, 0.2) is 34.6 Å². The SMILES string of the molecule is CCn1cc(C(=O)Oc2nc(CCl)cs2)c(=O)c2cc(F)ccc21. The zero-order chi connectivity index (χ0) is 17.3. The van der Waals surface area contributed by atoms with Crippen molar-refractivity contribution in [3.63, 3.8) is 0 Å². The molecule has 0 radical (unpaired) electrons. The van der Waals surface area contributed by atoms with E-state index in [4.69, 9.17) is 16.3 Å². The number of benzene rings is 1. The van der Waals surface area contributed by atoms with Crippen LogP contribution in [0, 0.1) is 5.82 Å². The standard InChI is InChI=1S/C16H12ClFN2O3S/c1-2-20-7-12(14(21)11-5-9(18)3-4-13(11)20)15(22)23-16-19-10(6-17)8-24-16/h3-5,7-8H,2,6H2,1H3. The van der Waals surface area contributed by atoms with Crippen molar-refractivity contribution < 1.29 is 13.9 Å². The van der Waals surface area contributed by atoms with Crippen LogP contribution in [0.25, 0.3) is 10.9 Å². The van der Waals surface area contributed by atoms with Crippen molar-refractivity contribution >= 4 is 39.8 Å². The van der Waals surface area contributed by atoms with Gasteiger partial charge in [-0.25, -0.2) is 14.2 Å². The molecule has 0 aliphatic heterocycles. The fraction of sp³-hybridized carbons (Fsp3) is 0.188. The Kier molecular flexibility index (Phi) is 4.64. The maximum absolute atomic E-state index is 13.5. The number of rotatable bonds is 4. The third kappa shape index (κ3) is 3.05. The maximum atomic E-state index is 13.5. The number of fused-ring (bicyclic) bond motifs is 1. The zero-order valence-electron chi connectivity index (χ0n) is 12.6. The Morgan fingerprint density at radius 3 is 2.92 bits per heavy atom. The first-order chi connectivity index (χ1) is 11.5. The number of aromatic nitrogens is 2. The Bertz CT molecular complexity index is 983. The van der Waals surface area contributed by atoms with Crippen molar-refractivity contribution in [2.45, 2.75) is 19.3 Å². The number of carbonyl (C=O) groups excluding carboxylic acids is 1. The van der Waals surface area contributed by atoms with Gasteiger partial charge < -0.3 is 9.30 Å². The van der Waals surface area contributed by atoms with Gasteiger partial charge in [0.2, 0.25) is 5.43 Å².